The van der Waals surface area contributed by atoms with Crippen LogP contribution in [0, 0.1) is 11.3 Å². The molecule has 0 aliphatic carbocycles. The molecule has 1 N–H and O–H groups in total. The molecule has 0 aromatic heterocycles. The lowest BCUT2D eigenvalue weighted by atomic mass is 10.2. The van der Waals surface area contributed by atoms with E-state index in [0.717, 1.165) is 15.8 Å². The Kier molecular flexibility index (Phi) is 3.23. The fraction of sp³-hybridized carbons (Fsp3) is 0. The molecule has 2 aromatic carbocycles. The van der Waals surface area contributed by atoms with Crippen LogP contribution in [0.15, 0.2) is 53.0 Å². The second kappa shape index (κ2) is 4.82. The molecule has 2 rings (SSSR count). The largest absolute Gasteiger partial charge is 0.354 e. The van der Waals surface area contributed by atoms with E-state index in [0.29, 0.717) is 5.56 Å². The van der Waals surface area contributed by atoms with E-state index in [-0.39, 0.29) is 0 Å². The maximum Gasteiger partial charge on any atom is 0.101 e. The highest BCUT2D eigenvalue weighted by atomic mass is 79.9. The number of halogens is 1. The normalized spacial score (nSPS) is 9.50. The van der Waals surface area contributed by atoms with Gasteiger partial charge in [-0.1, -0.05) is 34.1 Å². The highest BCUT2D eigenvalue weighted by Crippen LogP contribution is 2.23. The Morgan fingerprint density at radius 1 is 1.06 bits per heavy atom. The molecule has 0 radical (unpaired) electrons. The molecule has 2 aromatic rings. The molecule has 0 aliphatic rings. The third-order valence-electron chi connectivity index (χ3n) is 2.15. The summed E-state index contributed by atoms with van der Waals surface area (Å²) in [6, 6.07) is 17.5. The number of para-hydroxylation sites is 1. The van der Waals surface area contributed by atoms with E-state index in [1.807, 2.05) is 42.5 Å². The molecular weight excluding hydrogens is 264 g/mol. The molecule has 78 valence electrons. The van der Waals surface area contributed by atoms with Crippen molar-refractivity contribution in [2.45, 2.75) is 0 Å². The lowest BCUT2D eigenvalue weighted by molar-refractivity contribution is 1.45. The fourth-order valence-electron chi connectivity index (χ4n) is 1.39. The SMILES string of the molecule is N#Cc1cc(Br)ccc1Nc1ccccc1. The highest BCUT2D eigenvalue weighted by Gasteiger charge is 2.02. The molecule has 0 saturated heterocycles. The van der Waals surface area contributed by atoms with Crippen LogP contribution < -0.4 is 5.32 Å². The molecule has 0 fully saturated rings. The monoisotopic (exact) mass is 272 g/mol. The zero-order valence-corrected chi connectivity index (χ0v) is 10.0. The molecule has 0 spiro atoms. The number of benzene rings is 2. The zero-order valence-electron chi connectivity index (χ0n) is 8.44. The van der Waals surface area contributed by atoms with Crippen molar-refractivity contribution < 1.29 is 0 Å². The Bertz CT molecular complexity index is 529. The Labute approximate surface area is 103 Å². The van der Waals surface area contributed by atoms with Crippen molar-refractivity contribution in [2.24, 2.45) is 0 Å². The van der Waals surface area contributed by atoms with Crippen molar-refractivity contribution in [1.29, 1.82) is 5.26 Å². The third kappa shape index (κ3) is 2.41. The van der Waals surface area contributed by atoms with Crippen LogP contribution in [0.4, 0.5) is 11.4 Å². The molecule has 0 atom stereocenters. The van der Waals surface area contributed by atoms with Crippen LogP contribution in [0.5, 0.6) is 0 Å². The van der Waals surface area contributed by atoms with Gasteiger partial charge >= 0.3 is 0 Å². The Balaban J connectivity index is 2.32. The van der Waals surface area contributed by atoms with Gasteiger partial charge < -0.3 is 5.32 Å². The van der Waals surface area contributed by atoms with Crippen LogP contribution in [-0.4, -0.2) is 0 Å². The van der Waals surface area contributed by atoms with Crippen molar-refractivity contribution in [3.8, 4) is 6.07 Å². The molecule has 2 nitrogen and oxygen atoms in total. The zero-order chi connectivity index (χ0) is 11.4. The van der Waals surface area contributed by atoms with Crippen molar-refractivity contribution in [3.05, 3.63) is 58.6 Å². The average molecular weight is 273 g/mol. The van der Waals surface area contributed by atoms with Gasteiger partial charge in [0.15, 0.2) is 0 Å². The summed E-state index contributed by atoms with van der Waals surface area (Å²) in [5.74, 6) is 0. The Morgan fingerprint density at radius 2 is 1.81 bits per heavy atom. The van der Waals surface area contributed by atoms with Gasteiger partial charge in [0.1, 0.15) is 6.07 Å². The maximum atomic E-state index is 9.01. The summed E-state index contributed by atoms with van der Waals surface area (Å²) < 4.78 is 0.905. The van der Waals surface area contributed by atoms with E-state index in [9.17, 15) is 0 Å². The quantitative estimate of drug-likeness (QED) is 0.895. The van der Waals surface area contributed by atoms with Gasteiger partial charge in [-0.15, -0.1) is 0 Å². The summed E-state index contributed by atoms with van der Waals surface area (Å²) in [5, 5.41) is 12.2. The van der Waals surface area contributed by atoms with Gasteiger partial charge in [-0.3, -0.25) is 0 Å². The third-order valence-corrected chi connectivity index (χ3v) is 2.65. The minimum absolute atomic E-state index is 0.623. The second-order valence-electron chi connectivity index (χ2n) is 3.29. The summed E-state index contributed by atoms with van der Waals surface area (Å²) >= 11 is 3.34. The van der Waals surface area contributed by atoms with Gasteiger partial charge in [-0.25, -0.2) is 0 Å². The second-order valence-corrected chi connectivity index (χ2v) is 4.21. The molecule has 0 unspecified atom stereocenters. The first kappa shape index (κ1) is 10.7. The van der Waals surface area contributed by atoms with Crippen LogP contribution in [0.25, 0.3) is 0 Å². The smallest absolute Gasteiger partial charge is 0.101 e. The number of nitriles is 1. The highest BCUT2D eigenvalue weighted by molar-refractivity contribution is 9.10. The van der Waals surface area contributed by atoms with Crippen LogP contribution in [0.3, 0.4) is 0 Å². The first-order valence-electron chi connectivity index (χ1n) is 4.81. The standard InChI is InChI=1S/C13H9BrN2/c14-11-6-7-13(10(8-11)9-15)16-12-4-2-1-3-5-12/h1-8,16H. The first-order valence-corrected chi connectivity index (χ1v) is 5.60. The van der Waals surface area contributed by atoms with E-state index >= 15 is 0 Å². The average Bonchev–Trinajstić information content (AvgIpc) is 2.33. The van der Waals surface area contributed by atoms with E-state index in [1.165, 1.54) is 0 Å². The number of nitrogens with one attached hydrogen (secondary N) is 1. The molecule has 0 amide bonds. The van der Waals surface area contributed by atoms with Crippen molar-refractivity contribution in [3.63, 3.8) is 0 Å². The molecule has 3 heteroatoms. The first-order chi connectivity index (χ1) is 7.79. The fourth-order valence-corrected chi connectivity index (χ4v) is 1.76. The molecule has 0 bridgehead atoms. The lowest BCUT2D eigenvalue weighted by Crippen LogP contribution is -1.92. The number of anilines is 2. The van der Waals surface area contributed by atoms with Gasteiger partial charge in [0.25, 0.3) is 0 Å². The number of hydrogen-bond acceptors (Lipinski definition) is 2. The lowest BCUT2D eigenvalue weighted by Gasteiger charge is -2.08. The minimum atomic E-state index is 0.623. The van der Waals surface area contributed by atoms with Gasteiger partial charge in [0.05, 0.1) is 11.3 Å². The number of nitrogens with zero attached hydrogens (tertiary/aromatic N) is 1. The summed E-state index contributed by atoms with van der Waals surface area (Å²) in [5.41, 5.74) is 2.41. The van der Waals surface area contributed by atoms with Gasteiger partial charge in [0.2, 0.25) is 0 Å². The summed E-state index contributed by atoms with van der Waals surface area (Å²) in [6.07, 6.45) is 0. The van der Waals surface area contributed by atoms with Crippen LogP contribution in [0.1, 0.15) is 5.56 Å². The molecular formula is C13H9BrN2. The van der Waals surface area contributed by atoms with Gasteiger partial charge in [-0.2, -0.15) is 5.26 Å². The van der Waals surface area contributed by atoms with Gasteiger partial charge in [-0.05, 0) is 30.3 Å². The van der Waals surface area contributed by atoms with E-state index in [4.69, 9.17) is 5.26 Å². The molecule has 16 heavy (non-hydrogen) atoms. The van der Waals surface area contributed by atoms with E-state index < -0.39 is 0 Å². The Morgan fingerprint density at radius 3 is 2.50 bits per heavy atom. The van der Waals surface area contributed by atoms with Crippen molar-refractivity contribution in [2.75, 3.05) is 5.32 Å². The van der Waals surface area contributed by atoms with Crippen molar-refractivity contribution >= 4 is 27.3 Å². The van der Waals surface area contributed by atoms with Crippen molar-refractivity contribution in [1.82, 2.24) is 0 Å². The molecule has 0 saturated carbocycles. The predicted molar refractivity (Wildman–Crippen MR) is 68.6 cm³/mol. The van der Waals surface area contributed by atoms with E-state index in [2.05, 4.69) is 27.3 Å². The summed E-state index contributed by atoms with van der Waals surface area (Å²) in [4.78, 5) is 0. The van der Waals surface area contributed by atoms with Crippen LogP contribution in [-0.2, 0) is 0 Å². The minimum Gasteiger partial charge on any atom is -0.354 e. The van der Waals surface area contributed by atoms with Gasteiger partial charge in [0, 0.05) is 10.2 Å². The summed E-state index contributed by atoms with van der Waals surface area (Å²) in [7, 11) is 0. The maximum absolute atomic E-state index is 9.01. The van der Waals surface area contributed by atoms with Crippen LogP contribution >= 0.6 is 15.9 Å². The predicted octanol–water partition coefficient (Wildman–Crippen LogP) is 4.06. The summed E-state index contributed by atoms with van der Waals surface area (Å²) in [6.45, 7) is 0. The number of rotatable bonds is 2. The van der Waals surface area contributed by atoms with E-state index in [1.54, 1.807) is 6.07 Å². The number of hydrogen-bond donors (Lipinski definition) is 1. The molecule has 0 aliphatic heterocycles. The van der Waals surface area contributed by atoms with Crippen LogP contribution in [0.2, 0.25) is 0 Å². The molecule has 0 heterocycles. The topological polar surface area (TPSA) is 35.8 Å². The Hall–Kier alpha value is -1.79.